The number of benzene rings is 2. The quantitative estimate of drug-likeness (QED) is 0.307. The minimum absolute atomic E-state index is 0.0205. The van der Waals surface area contributed by atoms with Gasteiger partial charge in [0.25, 0.3) is 0 Å². The number of aromatic nitrogens is 3. The molecular weight excluding hydrogens is 424 g/mol. The lowest BCUT2D eigenvalue weighted by Crippen LogP contribution is -2.25. The van der Waals surface area contributed by atoms with Crippen LogP contribution in [0.2, 0.25) is 0 Å². The van der Waals surface area contributed by atoms with E-state index in [9.17, 15) is 4.79 Å². The van der Waals surface area contributed by atoms with Crippen molar-refractivity contribution in [2.24, 2.45) is 0 Å². The molecule has 0 bridgehead atoms. The molecule has 0 radical (unpaired) electrons. The summed E-state index contributed by atoms with van der Waals surface area (Å²) in [6.45, 7) is 10.5. The van der Waals surface area contributed by atoms with Gasteiger partial charge in [-0.2, -0.15) is 0 Å². The van der Waals surface area contributed by atoms with Gasteiger partial charge in [0.15, 0.2) is 5.16 Å². The molecule has 162 valence electrons. The molecule has 31 heavy (non-hydrogen) atoms. The van der Waals surface area contributed by atoms with Gasteiger partial charge >= 0.3 is 0 Å². The number of nitrogens with zero attached hydrogens (tertiary/aromatic N) is 3. The van der Waals surface area contributed by atoms with Crippen LogP contribution in [0.5, 0.6) is 0 Å². The minimum Gasteiger partial charge on any atom is -0.325 e. The Bertz CT molecular complexity index is 1030. The summed E-state index contributed by atoms with van der Waals surface area (Å²) in [6, 6.07) is 16.3. The number of thioether (sulfide) groups is 2. The van der Waals surface area contributed by atoms with Crippen LogP contribution in [-0.2, 0) is 17.1 Å². The minimum atomic E-state index is -0.261. The van der Waals surface area contributed by atoms with Crippen LogP contribution in [0, 0.1) is 13.8 Å². The maximum atomic E-state index is 13.0. The maximum Gasteiger partial charge on any atom is 0.237 e. The van der Waals surface area contributed by atoms with Gasteiger partial charge in [-0.05, 0) is 44.0 Å². The molecule has 1 amide bonds. The molecule has 1 atom stereocenters. The van der Waals surface area contributed by atoms with Crippen LogP contribution in [-0.4, -0.2) is 25.9 Å². The molecule has 3 rings (SSSR count). The van der Waals surface area contributed by atoms with Crippen LogP contribution < -0.4 is 5.32 Å². The molecule has 0 aliphatic carbocycles. The van der Waals surface area contributed by atoms with Crippen molar-refractivity contribution in [2.45, 2.75) is 54.8 Å². The first-order valence-corrected chi connectivity index (χ1v) is 12.1. The van der Waals surface area contributed by atoms with Crippen molar-refractivity contribution in [1.29, 1.82) is 0 Å². The molecule has 0 spiro atoms. The Balaban J connectivity index is 1.72. The third kappa shape index (κ3) is 6.24. The second-order valence-electron chi connectivity index (χ2n) is 7.22. The Hall–Kier alpha value is -2.51. The van der Waals surface area contributed by atoms with Crippen LogP contribution in [0.4, 0.5) is 5.69 Å². The fraction of sp³-hybridized carbons (Fsp3) is 0.292. The summed E-state index contributed by atoms with van der Waals surface area (Å²) in [7, 11) is 0. The van der Waals surface area contributed by atoms with Gasteiger partial charge in [-0.15, -0.1) is 28.5 Å². The predicted molar refractivity (Wildman–Crippen MR) is 131 cm³/mol. The summed E-state index contributed by atoms with van der Waals surface area (Å²) >= 11 is 3.17. The van der Waals surface area contributed by atoms with Crippen molar-refractivity contribution in [2.75, 3.05) is 5.32 Å². The SMILES string of the molecule is C=CCn1c(CSc2ccccc2)nnc1SC(CC)C(=O)Nc1ccc(C)cc1C. The third-order valence-electron chi connectivity index (χ3n) is 4.77. The Morgan fingerprint density at radius 2 is 1.97 bits per heavy atom. The molecule has 0 saturated carbocycles. The number of carbonyl (C=O) groups excluding carboxylic acids is 1. The molecule has 1 heterocycles. The number of hydrogen-bond donors (Lipinski definition) is 1. The smallest absolute Gasteiger partial charge is 0.237 e. The Labute approximate surface area is 192 Å². The van der Waals surface area contributed by atoms with E-state index >= 15 is 0 Å². The van der Waals surface area contributed by atoms with E-state index in [1.165, 1.54) is 22.2 Å². The van der Waals surface area contributed by atoms with Crippen LogP contribution in [0.15, 0.2) is 71.2 Å². The first kappa shape index (κ1) is 23.2. The number of amides is 1. The maximum absolute atomic E-state index is 13.0. The highest BCUT2D eigenvalue weighted by Gasteiger charge is 2.23. The fourth-order valence-corrected chi connectivity index (χ4v) is 4.95. The van der Waals surface area contributed by atoms with Gasteiger partial charge < -0.3 is 9.88 Å². The van der Waals surface area contributed by atoms with E-state index in [0.29, 0.717) is 18.7 Å². The number of rotatable bonds is 10. The largest absolute Gasteiger partial charge is 0.325 e. The molecule has 1 N–H and O–H groups in total. The van der Waals surface area contributed by atoms with Crippen molar-refractivity contribution < 1.29 is 4.79 Å². The zero-order chi connectivity index (χ0) is 22.2. The number of anilines is 1. The highest BCUT2D eigenvalue weighted by molar-refractivity contribution is 8.00. The normalized spacial score (nSPS) is 11.8. The molecule has 0 fully saturated rings. The number of nitrogens with one attached hydrogen (secondary N) is 1. The molecule has 7 heteroatoms. The Kier molecular flexibility index (Phi) is 8.37. The van der Waals surface area contributed by atoms with E-state index in [0.717, 1.165) is 22.2 Å². The average molecular weight is 453 g/mol. The topological polar surface area (TPSA) is 59.8 Å². The summed E-state index contributed by atoms with van der Waals surface area (Å²) in [4.78, 5) is 14.1. The van der Waals surface area contributed by atoms with E-state index in [1.54, 1.807) is 11.8 Å². The van der Waals surface area contributed by atoms with Crippen LogP contribution in [0.1, 0.15) is 30.3 Å². The fourth-order valence-electron chi connectivity index (χ4n) is 3.11. The average Bonchev–Trinajstić information content (AvgIpc) is 3.14. The Morgan fingerprint density at radius 3 is 2.65 bits per heavy atom. The zero-order valence-electron chi connectivity index (χ0n) is 18.2. The molecule has 0 aliphatic rings. The summed E-state index contributed by atoms with van der Waals surface area (Å²) in [5.41, 5.74) is 3.08. The zero-order valence-corrected chi connectivity index (χ0v) is 19.8. The van der Waals surface area contributed by atoms with Crippen molar-refractivity contribution in [3.8, 4) is 0 Å². The monoisotopic (exact) mass is 452 g/mol. The second-order valence-corrected chi connectivity index (χ2v) is 9.44. The highest BCUT2D eigenvalue weighted by Crippen LogP contribution is 2.29. The molecule has 0 aliphatic heterocycles. The van der Waals surface area contributed by atoms with Gasteiger partial charge in [-0.1, -0.05) is 60.7 Å². The van der Waals surface area contributed by atoms with Gasteiger partial charge in [0, 0.05) is 17.1 Å². The van der Waals surface area contributed by atoms with Crippen molar-refractivity contribution in [1.82, 2.24) is 14.8 Å². The molecule has 3 aromatic rings. The highest BCUT2D eigenvalue weighted by atomic mass is 32.2. The number of aryl methyl sites for hydroxylation is 2. The third-order valence-corrected chi connectivity index (χ3v) is 7.12. The van der Waals surface area contributed by atoms with E-state index < -0.39 is 0 Å². The van der Waals surface area contributed by atoms with E-state index in [2.05, 4.69) is 40.3 Å². The first-order valence-electron chi connectivity index (χ1n) is 10.3. The van der Waals surface area contributed by atoms with E-state index in [1.807, 2.05) is 61.7 Å². The Morgan fingerprint density at radius 1 is 1.19 bits per heavy atom. The molecule has 1 aromatic heterocycles. The van der Waals surface area contributed by atoms with Crippen molar-refractivity contribution in [3.05, 3.63) is 78.1 Å². The van der Waals surface area contributed by atoms with Crippen LogP contribution in [0.3, 0.4) is 0 Å². The summed E-state index contributed by atoms with van der Waals surface area (Å²) in [6.07, 6.45) is 2.53. The standard InChI is InChI=1S/C24H28N4OS2/c1-5-14-28-22(16-30-19-10-8-7-9-11-19)26-27-24(28)31-21(6-2)23(29)25-20-13-12-17(3)15-18(20)4/h5,7-13,15,21H,1,6,14,16H2,2-4H3,(H,25,29). The predicted octanol–water partition coefficient (Wildman–Crippen LogP) is 5.88. The summed E-state index contributed by atoms with van der Waals surface area (Å²) in [5.74, 6) is 1.56. The van der Waals surface area contributed by atoms with Crippen LogP contribution >= 0.6 is 23.5 Å². The summed E-state index contributed by atoms with van der Waals surface area (Å²) < 4.78 is 2.04. The second kappa shape index (κ2) is 11.2. The molecule has 1 unspecified atom stereocenters. The molecule has 0 saturated heterocycles. The molecular formula is C24H28N4OS2. The lowest BCUT2D eigenvalue weighted by atomic mass is 10.1. The van der Waals surface area contributed by atoms with Gasteiger partial charge in [0.1, 0.15) is 5.82 Å². The van der Waals surface area contributed by atoms with Gasteiger partial charge in [-0.25, -0.2) is 0 Å². The molecule has 5 nitrogen and oxygen atoms in total. The lowest BCUT2D eigenvalue weighted by Gasteiger charge is -2.16. The van der Waals surface area contributed by atoms with Gasteiger partial charge in [0.05, 0.1) is 11.0 Å². The van der Waals surface area contributed by atoms with Crippen molar-refractivity contribution >= 4 is 35.1 Å². The molecule has 2 aromatic carbocycles. The first-order chi connectivity index (χ1) is 15.0. The number of allylic oxidation sites excluding steroid dienone is 1. The van der Waals surface area contributed by atoms with Gasteiger partial charge in [0.2, 0.25) is 5.91 Å². The van der Waals surface area contributed by atoms with E-state index in [4.69, 9.17) is 0 Å². The van der Waals surface area contributed by atoms with Crippen molar-refractivity contribution in [3.63, 3.8) is 0 Å². The lowest BCUT2D eigenvalue weighted by molar-refractivity contribution is -0.115. The number of hydrogen-bond acceptors (Lipinski definition) is 5. The van der Waals surface area contributed by atoms with Crippen LogP contribution in [0.25, 0.3) is 0 Å². The number of carbonyl (C=O) groups is 1. The van der Waals surface area contributed by atoms with Gasteiger partial charge in [-0.3, -0.25) is 4.79 Å². The summed E-state index contributed by atoms with van der Waals surface area (Å²) in [5, 5.41) is 12.3. The van der Waals surface area contributed by atoms with E-state index in [-0.39, 0.29) is 11.2 Å².